The fourth-order valence-electron chi connectivity index (χ4n) is 1.05. The maximum absolute atomic E-state index is 12.5. The number of carbonyl (C=O) groups is 2. The second kappa shape index (κ2) is 4.34. The average molecular weight is 231 g/mol. The van der Waals surface area contributed by atoms with Crippen LogP contribution in [-0.2, 0) is 15.8 Å². The van der Waals surface area contributed by atoms with Crippen molar-refractivity contribution in [3.05, 3.63) is 29.8 Å². The van der Waals surface area contributed by atoms with Crippen LogP contribution in [0.25, 0.3) is 0 Å². The van der Waals surface area contributed by atoms with Gasteiger partial charge in [0.05, 0.1) is 11.3 Å². The van der Waals surface area contributed by atoms with Crippen LogP contribution in [0, 0.1) is 0 Å². The molecule has 6 heteroatoms. The first kappa shape index (κ1) is 12.2. The van der Waals surface area contributed by atoms with E-state index in [1.807, 2.05) is 5.32 Å². The van der Waals surface area contributed by atoms with Crippen molar-refractivity contribution in [3.63, 3.8) is 0 Å². The van der Waals surface area contributed by atoms with Crippen LogP contribution < -0.4 is 5.32 Å². The fourth-order valence-corrected chi connectivity index (χ4v) is 1.05. The number of rotatable bonds is 2. The Morgan fingerprint density at radius 3 is 2.25 bits per heavy atom. The first-order valence-corrected chi connectivity index (χ1v) is 4.30. The van der Waals surface area contributed by atoms with Gasteiger partial charge in [-0.3, -0.25) is 9.59 Å². The second-order valence-corrected chi connectivity index (χ2v) is 3.05. The van der Waals surface area contributed by atoms with E-state index in [0.717, 1.165) is 19.1 Å². The third kappa shape index (κ3) is 2.82. The lowest BCUT2D eigenvalue weighted by atomic mass is 10.1. The molecule has 0 radical (unpaired) electrons. The molecule has 3 nitrogen and oxygen atoms in total. The third-order valence-corrected chi connectivity index (χ3v) is 1.80. The summed E-state index contributed by atoms with van der Waals surface area (Å²) in [5.41, 5.74) is -1.40. The maximum atomic E-state index is 12.5. The lowest BCUT2D eigenvalue weighted by molar-refractivity contribution is -0.137. The number of para-hydroxylation sites is 1. The van der Waals surface area contributed by atoms with Crippen molar-refractivity contribution in [2.45, 2.75) is 13.1 Å². The summed E-state index contributed by atoms with van der Waals surface area (Å²) in [5.74, 6) is -1.92. The van der Waals surface area contributed by atoms with Gasteiger partial charge in [0.2, 0.25) is 5.78 Å². The van der Waals surface area contributed by atoms with Gasteiger partial charge in [0.1, 0.15) is 0 Å². The summed E-state index contributed by atoms with van der Waals surface area (Å²) in [5, 5.41) is 1.91. The van der Waals surface area contributed by atoms with E-state index in [-0.39, 0.29) is 0 Å². The highest BCUT2D eigenvalue weighted by Gasteiger charge is 2.33. The number of amides is 1. The normalized spacial score (nSPS) is 11.0. The minimum absolute atomic E-state index is 0.421. The van der Waals surface area contributed by atoms with E-state index in [2.05, 4.69) is 0 Å². The Bertz CT molecular complexity index is 426. The SMILES string of the molecule is CC(=O)C(=O)Nc1ccccc1C(F)(F)F. The van der Waals surface area contributed by atoms with Gasteiger partial charge in [0.25, 0.3) is 5.91 Å². The van der Waals surface area contributed by atoms with Crippen LogP contribution in [0.2, 0.25) is 0 Å². The van der Waals surface area contributed by atoms with E-state index < -0.39 is 29.1 Å². The van der Waals surface area contributed by atoms with Gasteiger partial charge in [-0.1, -0.05) is 12.1 Å². The standard InChI is InChI=1S/C10H8F3NO2/c1-6(15)9(16)14-8-5-3-2-4-7(8)10(11,12)13/h2-5H,1H3,(H,14,16). The summed E-state index contributed by atoms with van der Waals surface area (Å²) in [6.07, 6.45) is -4.57. The number of hydrogen-bond acceptors (Lipinski definition) is 2. The van der Waals surface area contributed by atoms with Crippen molar-refractivity contribution >= 4 is 17.4 Å². The largest absolute Gasteiger partial charge is 0.418 e. The molecule has 0 unspecified atom stereocenters. The zero-order chi connectivity index (χ0) is 12.3. The molecule has 0 fully saturated rings. The van der Waals surface area contributed by atoms with Crippen molar-refractivity contribution in [2.24, 2.45) is 0 Å². The fraction of sp³-hybridized carbons (Fsp3) is 0.200. The molecule has 1 aromatic carbocycles. The Hall–Kier alpha value is -1.85. The third-order valence-electron chi connectivity index (χ3n) is 1.80. The Labute approximate surface area is 89.3 Å². The molecule has 0 atom stereocenters. The van der Waals surface area contributed by atoms with Crippen molar-refractivity contribution < 1.29 is 22.8 Å². The van der Waals surface area contributed by atoms with E-state index in [1.54, 1.807) is 0 Å². The molecule has 0 saturated carbocycles. The van der Waals surface area contributed by atoms with Crippen LogP contribution in [0.15, 0.2) is 24.3 Å². The zero-order valence-corrected chi connectivity index (χ0v) is 8.26. The van der Waals surface area contributed by atoms with Gasteiger partial charge in [-0.25, -0.2) is 0 Å². The summed E-state index contributed by atoms with van der Waals surface area (Å²) in [6, 6.07) is 4.46. The highest BCUT2D eigenvalue weighted by Crippen LogP contribution is 2.34. The molecule has 0 spiro atoms. The van der Waals surface area contributed by atoms with Gasteiger partial charge in [-0.2, -0.15) is 13.2 Å². The van der Waals surface area contributed by atoms with E-state index in [1.165, 1.54) is 12.1 Å². The Balaban J connectivity index is 3.05. The number of halogens is 3. The van der Waals surface area contributed by atoms with Crippen LogP contribution in [0.3, 0.4) is 0 Å². The van der Waals surface area contributed by atoms with E-state index >= 15 is 0 Å². The Morgan fingerprint density at radius 1 is 1.19 bits per heavy atom. The van der Waals surface area contributed by atoms with E-state index in [0.29, 0.717) is 0 Å². The summed E-state index contributed by atoms with van der Waals surface area (Å²) in [6.45, 7) is 0.978. The maximum Gasteiger partial charge on any atom is 0.418 e. The van der Waals surface area contributed by atoms with Crippen molar-refractivity contribution in [2.75, 3.05) is 5.32 Å². The quantitative estimate of drug-likeness (QED) is 0.793. The molecular formula is C10H8F3NO2. The average Bonchev–Trinajstić information content (AvgIpc) is 2.16. The minimum Gasteiger partial charge on any atom is -0.319 e. The predicted octanol–water partition coefficient (Wildman–Crippen LogP) is 2.23. The molecular weight excluding hydrogens is 223 g/mol. The molecule has 86 valence electrons. The molecule has 1 amide bonds. The van der Waals surface area contributed by atoms with Crippen LogP contribution in [0.4, 0.5) is 18.9 Å². The van der Waals surface area contributed by atoms with Crippen molar-refractivity contribution in [1.29, 1.82) is 0 Å². The summed E-state index contributed by atoms with van der Waals surface area (Å²) < 4.78 is 37.4. The molecule has 1 aromatic rings. The molecule has 0 aromatic heterocycles. The lowest BCUT2D eigenvalue weighted by Gasteiger charge is -2.12. The summed E-state index contributed by atoms with van der Waals surface area (Å²) in [7, 11) is 0. The van der Waals surface area contributed by atoms with Gasteiger partial charge >= 0.3 is 6.18 Å². The molecule has 0 aliphatic heterocycles. The van der Waals surface area contributed by atoms with Gasteiger partial charge in [-0.05, 0) is 12.1 Å². The topological polar surface area (TPSA) is 46.2 Å². The number of benzene rings is 1. The number of hydrogen-bond donors (Lipinski definition) is 1. The van der Waals surface area contributed by atoms with Crippen LogP contribution in [-0.4, -0.2) is 11.7 Å². The van der Waals surface area contributed by atoms with Gasteiger partial charge in [0.15, 0.2) is 0 Å². The highest BCUT2D eigenvalue weighted by atomic mass is 19.4. The molecule has 0 bridgehead atoms. The number of Topliss-reactive ketones (excluding diaryl/α,β-unsaturated/α-hetero) is 1. The number of carbonyl (C=O) groups excluding carboxylic acids is 2. The molecule has 16 heavy (non-hydrogen) atoms. The minimum atomic E-state index is -4.57. The Kier molecular flexibility index (Phi) is 3.31. The second-order valence-electron chi connectivity index (χ2n) is 3.05. The first-order valence-electron chi connectivity index (χ1n) is 4.30. The van der Waals surface area contributed by atoms with E-state index in [9.17, 15) is 22.8 Å². The molecule has 0 aliphatic rings. The van der Waals surface area contributed by atoms with Crippen molar-refractivity contribution in [1.82, 2.24) is 0 Å². The predicted molar refractivity (Wildman–Crippen MR) is 50.8 cm³/mol. The van der Waals surface area contributed by atoms with Crippen LogP contribution >= 0.6 is 0 Å². The number of anilines is 1. The monoisotopic (exact) mass is 231 g/mol. The van der Waals surface area contributed by atoms with E-state index in [4.69, 9.17) is 0 Å². The van der Waals surface area contributed by atoms with Crippen molar-refractivity contribution in [3.8, 4) is 0 Å². The van der Waals surface area contributed by atoms with Gasteiger partial charge in [-0.15, -0.1) is 0 Å². The van der Waals surface area contributed by atoms with Gasteiger partial charge in [0, 0.05) is 6.92 Å². The zero-order valence-electron chi connectivity index (χ0n) is 8.26. The number of ketones is 1. The molecule has 0 aliphatic carbocycles. The molecule has 0 saturated heterocycles. The van der Waals surface area contributed by atoms with Crippen LogP contribution in [0.5, 0.6) is 0 Å². The summed E-state index contributed by atoms with van der Waals surface area (Å²) >= 11 is 0. The lowest BCUT2D eigenvalue weighted by Crippen LogP contribution is -2.22. The van der Waals surface area contributed by atoms with Gasteiger partial charge < -0.3 is 5.32 Å². The summed E-state index contributed by atoms with van der Waals surface area (Å²) in [4.78, 5) is 21.6. The van der Waals surface area contributed by atoms with Crippen LogP contribution in [0.1, 0.15) is 12.5 Å². The number of alkyl halides is 3. The highest BCUT2D eigenvalue weighted by molar-refractivity contribution is 6.39. The molecule has 1 N–H and O–H groups in total. The molecule has 0 heterocycles. The molecule has 1 rings (SSSR count). The Morgan fingerprint density at radius 2 is 1.75 bits per heavy atom. The smallest absolute Gasteiger partial charge is 0.319 e. The number of nitrogens with one attached hydrogen (secondary N) is 1. The first-order chi connectivity index (χ1) is 7.32.